The summed E-state index contributed by atoms with van der Waals surface area (Å²) in [6.07, 6.45) is 1.29. The van der Waals surface area contributed by atoms with Gasteiger partial charge >= 0.3 is 0 Å². The molecule has 0 spiro atoms. The molecule has 2 aromatic carbocycles. The summed E-state index contributed by atoms with van der Waals surface area (Å²) in [5.74, 6) is 1.32. The molecule has 0 atom stereocenters. The third kappa shape index (κ3) is 3.54. The van der Waals surface area contributed by atoms with Gasteiger partial charge in [0.15, 0.2) is 11.5 Å². The summed E-state index contributed by atoms with van der Waals surface area (Å²) in [5.41, 5.74) is 0.461. The average Bonchev–Trinajstić information content (AvgIpc) is 2.65. The maximum absolute atomic E-state index is 12.7. The smallest absolute Gasteiger partial charge is 0.216 e. The van der Waals surface area contributed by atoms with Gasteiger partial charge in [-0.3, -0.25) is 0 Å². The standard InChI is InChI=1S/C18H14BrNO5S/c1-23-16-9-12(10-17-18(16)25-7-6-24-17)8-15(11-20)26(21,22)14-4-2-13(19)3-5-14/h2-5,8-10H,6-7H2,1H3/b15-8+. The van der Waals surface area contributed by atoms with E-state index in [1.165, 1.54) is 25.3 Å². The second kappa shape index (κ2) is 7.40. The number of hydrogen-bond acceptors (Lipinski definition) is 6. The van der Waals surface area contributed by atoms with Crippen LogP contribution < -0.4 is 14.2 Å². The molecule has 2 aromatic rings. The highest BCUT2D eigenvalue weighted by molar-refractivity contribution is 9.10. The van der Waals surface area contributed by atoms with Gasteiger partial charge in [-0.1, -0.05) is 15.9 Å². The fourth-order valence-electron chi connectivity index (χ4n) is 2.44. The van der Waals surface area contributed by atoms with Gasteiger partial charge in [0.2, 0.25) is 15.6 Å². The Labute approximate surface area is 159 Å². The number of benzene rings is 2. The number of fused-ring (bicyclic) bond motifs is 1. The minimum Gasteiger partial charge on any atom is -0.493 e. The molecule has 6 nitrogen and oxygen atoms in total. The Hall–Kier alpha value is -2.50. The maximum atomic E-state index is 12.7. The van der Waals surface area contributed by atoms with E-state index in [-0.39, 0.29) is 9.80 Å². The third-order valence-corrected chi connectivity index (χ3v) is 5.88. The summed E-state index contributed by atoms with van der Waals surface area (Å²) < 4.78 is 42.5. The number of methoxy groups -OCH3 is 1. The van der Waals surface area contributed by atoms with Crippen molar-refractivity contribution in [3.63, 3.8) is 0 Å². The molecule has 0 aromatic heterocycles. The van der Waals surface area contributed by atoms with E-state index in [1.54, 1.807) is 30.3 Å². The quantitative estimate of drug-likeness (QED) is 0.682. The lowest BCUT2D eigenvalue weighted by atomic mass is 10.1. The lowest BCUT2D eigenvalue weighted by molar-refractivity contribution is 0.165. The van der Waals surface area contributed by atoms with Gasteiger partial charge in [0, 0.05) is 4.47 Å². The number of nitriles is 1. The molecule has 1 aliphatic heterocycles. The van der Waals surface area contributed by atoms with Crippen LogP contribution in [0.1, 0.15) is 5.56 Å². The molecule has 134 valence electrons. The molecule has 1 heterocycles. The summed E-state index contributed by atoms with van der Waals surface area (Å²) in [6, 6.07) is 11.1. The van der Waals surface area contributed by atoms with E-state index in [2.05, 4.69) is 15.9 Å². The SMILES string of the molecule is COc1cc(/C=C(\C#N)S(=O)(=O)c2ccc(Br)cc2)cc2c1OCCO2. The van der Waals surface area contributed by atoms with Crippen molar-refractivity contribution in [2.75, 3.05) is 20.3 Å². The van der Waals surface area contributed by atoms with Crippen LogP contribution >= 0.6 is 15.9 Å². The first-order valence-corrected chi connectivity index (χ1v) is 9.83. The van der Waals surface area contributed by atoms with E-state index in [1.807, 2.05) is 0 Å². The van der Waals surface area contributed by atoms with Gasteiger partial charge in [-0.15, -0.1) is 0 Å². The van der Waals surface area contributed by atoms with Gasteiger partial charge in [-0.25, -0.2) is 8.42 Å². The lowest BCUT2D eigenvalue weighted by Crippen LogP contribution is -2.16. The first-order chi connectivity index (χ1) is 12.5. The van der Waals surface area contributed by atoms with Crippen molar-refractivity contribution >= 4 is 31.8 Å². The molecule has 0 saturated heterocycles. The van der Waals surface area contributed by atoms with E-state index in [0.29, 0.717) is 36.0 Å². The van der Waals surface area contributed by atoms with E-state index >= 15 is 0 Å². The fraction of sp³-hybridized carbons (Fsp3) is 0.167. The van der Waals surface area contributed by atoms with Crippen molar-refractivity contribution in [1.82, 2.24) is 0 Å². The molecule has 1 aliphatic rings. The maximum Gasteiger partial charge on any atom is 0.216 e. The summed E-state index contributed by atoms with van der Waals surface area (Å²) in [7, 11) is -2.46. The molecule has 0 amide bonds. The van der Waals surface area contributed by atoms with Crippen LogP contribution in [0.2, 0.25) is 0 Å². The van der Waals surface area contributed by atoms with Crippen LogP contribution in [-0.4, -0.2) is 28.7 Å². The van der Waals surface area contributed by atoms with Gasteiger partial charge in [0.25, 0.3) is 0 Å². The molecule has 0 aliphatic carbocycles. The molecule has 0 bridgehead atoms. The fourth-order valence-corrected chi connectivity index (χ4v) is 3.86. The van der Waals surface area contributed by atoms with Crippen molar-refractivity contribution in [2.45, 2.75) is 4.90 Å². The predicted molar refractivity (Wildman–Crippen MR) is 98.9 cm³/mol. The first-order valence-electron chi connectivity index (χ1n) is 7.56. The summed E-state index contributed by atoms with van der Waals surface area (Å²) in [6.45, 7) is 0.783. The topological polar surface area (TPSA) is 85.6 Å². The Morgan fingerprint density at radius 1 is 1.23 bits per heavy atom. The van der Waals surface area contributed by atoms with E-state index in [9.17, 15) is 13.7 Å². The molecular formula is C18H14BrNO5S. The highest BCUT2D eigenvalue weighted by Crippen LogP contribution is 2.41. The second-order valence-corrected chi connectivity index (χ2v) is 8.16. The zero-order valence-electron chi connectivity index (χ0n) is 13.7. The van der Waals surface area contributed by atoms with Crippen molar-refractivity contribution in [3.8, 4) is 23.3 Å². The minimum absolute atomic E-state index is 0.0398. The highest BCUT2D eigenvalue weighted by Gasteiger charge is 2.22. The second-order valence-electron chi connectivity index (χ2n) is 5.33. The van der Waals surface area contributed by atoms with Crippen LogP contribution in [0.4, 0.5) is 0 Å². The number of hydrogen-bond donors (Lipinski definition) is 0. The Bertz CT molecular complexity index is 990. The summed E-state index contributed by atoms with van der Waals surface area (Å²) in [5, 5.41) is 9.41. The molecule has 8 heteroatoms. The molecule has 26 heavy (non-hydrogen) atoms. The van der Waals surface area contributed by atoms with Gasteiger partial charge in [0.1, 0.15) is 24.2 Å². The molecule has 0 N–H and O–H groups in total. The first kappa shape index (κ1) is 18.3. The number of halogens is 1. The van der Waals surface area contributed by atoms with Crippen molar-refractivity contribution in [1.29, 1.82) is 5.26 Å². The summed E-state index contributed by atoms with van der Waals surface area (Å²) >= 11 is 3.26. The van der Waals surface area contributed by atoms with Crippen LogP contribution in [0.5, 0.6) is 17.2 Å². The lowest BCUT2D eigenvalue weighted by Gasteiger charge is -2.21. The Kier molecular flexibility index (Phi) is 5.20. The Morgan fingerprint density at radius 3 is 2.58 bits per heavy atom. The molecule has 0 saturated carbocycles. The Morgan fingerprint density at radius 2 is 1.92 bits per heavy atom. The Balaban J connectivity index is 2.07. The van der Waals surface area contributed by atoms with Crippen molar-refractivity contribution in [2.24, 2.45) is 0 Å². The van der Waals surface area contributed by atoms with Crippen LogP contribution in [0.15, 0.2) is 50.7 Å². The van der Waals surface area contributed by atoms with Gasteiger partial charge < -0.3 is 14.2 Å². The molecule has 0 radical (unpaired) electrons. The van der Waals surface area contributed by atoms with Gasteiger partial charge in [0.05, 0.1) is 12.0 Å². The van der Waals surface area contributed by atoms with Crippen molar-refractivity contribution < 1.29 is 22.6 Å². The monoisotopic (exact) mass is 435 g/mol. The van der Waals surface area contributed by atoms with Gasteiger partial charge in [-0.2, -0.15) is 5.26 Å². The van der Waals surface area contributed by atoms with E-state index < -0.39 is 9.84 Å². The largest absolute Gasteiger partial charge is 0.493 e. The molecule has 0 fully saturated rings. The normalized spacial score (nSPS) is 13.8. The van der Waals surface area contributed by atoms with Crippen LogP contribution in [-0.2, 0) is 9.84 Å². The minimum atomic E-state index is -3.94. The number of ether oxygens (including phenoxy) is 3. The zero-order chi connectivity index (χ0) is 18.7. The molecule has 0 unspecified atom stereocenters. The summed E-state index contributed by atoms with van der Waals surface area (Å²) in [4.78, 5) is -0.337. The predicted octanol–water partition coefficient (Wildman–Crippen LogP) is 3.57. The number of nitrogens with zero attached hydrogens (tertiary/aromatic N) is 1. The zero-order valence-corrected chi connectivity index (χ0v) is 16.1. The number of sulfone groups is 1. The third-order valence-electron chi connectivity index (χ3n) is 3.67. The van der Waals surface area contributed by atoms with Gasteiger partial charge in [-0.05, 0) is 48.0 Å². The number of allylic oxidation sites excluding steroid dienone is 1. The molecular weight excluding hydrogens is 422 g/mol. The van der Waals surface area contributed by atoms with Crippen LogP contribution in [0, 0.1) is 11.3 Å². The average molecular weight is 436 g/mol. The van der Waals surface area contributed by atoms with Crippen LogP contribution in [0.25, 0.3) is 6.08 Å². The van der Waals surface area contributed by atoms with E-state index in [4.69, 9.17) is 14.2 Å². The van der Waals surface area contributed by atoms with Crippen LogP contribution in [0.3, 0.4) is 0 Å². The van der Waals surface area contributed by atoms with Crippen molar-refractivity contribution in [3.05, 3.63) is 51.3 Å². The number of rotatable bonds is 4. The molecule has 3 rings (SSSR count). The van der Waals surface area contributed by atoms with E-state index in [0.717, 1.165) is 4.47 Å². The highest BCUT2D eigenvalue weighted by atomic mass is 79.9.